The first-order valence-corrected chi connectivity index (χ1v) is 6.31. The van der Waals surface area contributed by atoms with Gasteiger partial charge in [-0.15, -0.1) is 0 Å². The molecule has 1 heterocycles. The molecular formula is C12H8Cl2N4O3. The number of nitro groups is 1. The average molecular weight is 327 g/mol. The van der Waals surface area contributed by atoms with Gasteiger partial charge in [-0.1, -0.05) is 23.2 Å². The summed E-state index contributed by atoms with van der Waals surface area (Å²) in [4.78, 5) is 14.0. The van der Waals surface area contributed by atoms with Crippen LogP contribution in [0.3, 0.4) is 0 Å². The van der Waals surface area contributed by atoms with E-state index in [2.05, 4.69) is 15.5 Å². The van der Waals surface area contributed by atoms with E-state index < -0.39 is 4.92 Å². The van der Waals surface area contributed by atoms with Crippen molar-refractivity contribution in [1.29, 1.82) is 0 Å². The van der Waals surface area contributed by atoms with Gasteiger partial charge in [0, 0.05) is 12.3 Å². The summed E-state index contributed by atoms with van der Waals surface area (Å²) in [6.07, 6.45) is 2.74. The number of halogens is 2. The number of hydrogen-bond donors (Lipinski definition) is 2. The van der Waals surface area contributed by atoms with Gasteiger partial charge in [0.15, 0.2) is 5.75 Å². The van der Waals surface area contributed by atoms with E-state index in [1.54, 1.807) is 0 Å². The van der Waals surface area contributed by atoms with Crippen LogP contribution in [0.25, 0.3) is 0 Å². The smallest absolute Gasteiger partial charge is 0.313 e. The average Bonchev–Trinajstić information content (AvgIpc) is 2.45. The number of hydrazone groups is 1. The predicted molar refractivity (Wildman–Crippen MR) is 80.2 cm³/mol. The quantitative estimate of drug-likeness (QED) is 0.509. The Balaban J connectivity index is 2.19. The molecule has 108 valence electrons. The lowest BCUT2D eigenvalue weighted by atomic mass is 10.2. The molecule has 2 N–H and O–H groups in total. The molecule has 0 atom stereocenters. The second-order valence-corrected chi connectivity index (χ2v) is 4.65. The Kier molecular flexibility index (Phi) is 4.56. The van der Waals surface area contributed by atoms with E-state index in [1.165, 1.54) is 36.7 Å². The van der Waals surface area contributed by atoms with Gasteiger partial charge in [0.2, 0.25) is 5.82 Å². The molecule has 2 rings (SSSR count). The Morgan fingerprint density at radius 2 is 2.05 bits per heavy atom. The van der Waals surface area contributed by atoms with E-state index in [0.717, 1.165) is 0 Å². The number of phenols is 1. The fourth-order valence-corrected chi connectivity index (χ4v) is 1.96. The molecule has 2 aromatic rings. The fourth-order valence-electron chi connectivity index (χ4n) is 1.46. The maximum atomic E-state index is 10.8. The van der Waals surface area contributed by atoms with Gasteiger partial charge in [-0.05, 0) is 23.8 Å². The lowest BCUT2D eigenvalue weighted by molar-refractivity contribution is -0.384. The summed E-state index contributed by atoms with van der Waals surface area (Å²) in [5.74, 6) is -0.210. The minimum atomic E-state index is -0.570. The van der Waals surface area contributed by atoms with Crippen molar-refractivity contribution < 1.29 is 10.0 Å². The van der Waals surface area contributed by atoms with Gasteiger partial charge >= 0.3 is 5.69 Å². The number of nitrogens with one attached hydrogen (secondary N) is 1. The molecule has 7 nitrogen and oxygen atoms in total. The zero-order chi connectivity index (χ0) is 15.4. The van der Waals surface area contributed by atoms with Crippen molar-refractivity contribution in [3.05, 3.63) is 56.2 Å². The highest BCUT2D eigenvalue weighted by molar-refractivity contribution is 6.37. The lowest BCUT2D eigenvalue weighted by Gasteiger charge is -2.02. The largest absolute Gasteiger partial charge is 0.505 e. The van der Waals surface area contributed by atoms with Crippen molar-refractivity contribution in [2.24, 2.45) is 5.10 Å². The molecule has 1 aromatic heterocycles. The monoisotopic (exact) mass is 326 g/mol. The number of aromatic hydroxyl groups is 1. The maximum Gasteiger partial charge on any atom is 0.313 e. The molecule has 0 radical (unpaired) electrons. The van der Waals surface area contributed by atoms with Gasteiger partial charge < -0.3 is 5.11 Å². The molecule has 21 heavy (non-hydrogen) atoms. The fraction of sp³-hybridized carbons (Fsp3) is 0. The molecular weight excluding hydrogens is 319 g/mol. The van der Waals surface area contributed by atoms with E-state index in [9.17, 15) is 15.2 Å². The number of phenolic OH excluding ortho intramolecular Hbond substituents is 1. The molecule has 0 unspecified atom stereocenters. The first kappa shape index (κ1) is 15.0. The van der Waals surface area contributed by atoms with Crippen LogP contribution in [0.15, 0.2) is 35.6 Å². The number of hydrogen-bond acceptors (Lipinski definition) is 6. The second-order valence-electron chi connectivity index (χ2n) is 3.83. The summed E-state index contributed by atoms with van der Waals surface area (Å²) < 4.78 is 0. The summed E-state index contributed by atoms with van der Waals surface area (Å²) >= 11 is 11.5. The molecule has 9 heteroatoms. The minimum absolute atomic E-state index is 0.00900. The van der Waals surface area contributed by atoms with E-state index >= 15 is 0 Å². The SMILES string of the molecule is O=[N+]([O-])c1cccnc1N/N=C\c1cc(Cl)c(O)c(Cl)c1. The van der Waals surface area contributed by atoms with Crippen molar-refractivity contribution in [3.63, 3.8) is 0 Å². The Morgan fingerprint density at radius 3 is 2.67 bits per heavy atom. The topological polar surface area (TPSA) is 101 Å². The summed E-state index contributed by atoms with van der Waals surface area (Å²) in [6, 6.07) is 5.65. The molecule has 0 fully saturated rings. The van der Waals surface area contributed by atoms with Gasteiger partial charge in [-0.25, -0.2) is 4.98 Å². The summed E-state index contributed by atoms with van der Waals surface area (Å²) in [6.45, 7) is 0. The van der Waals surface area contributed by atoms with Gasteiger partial charge in [0.05, 0.1) is 21.2 Å². The summed E-state index contributed by atoms with van der Waals surface area (Å²) in [7, 11) is 0. The second kappa shape index (κ2) is 6.38. The third-order valence-corrected chi connectivity index (χ3v) is 2.98. The maximum absolute atomic E-state index is 10.8. The van der Waals surface area contributed by atoms with Crippen LogP contribution in [0, 0.1) is 10.1 Å². The molecule has 0 aliphatic carbocycles. The van der Waals surface area contributed by atoms with Crippen LogP contribution in [-0.4, -0.2) is 21.2 Å². The van der Waals surface area contributed by atoms with Crippen LogP contribution < -0.4 is 5.43 Å². The third-order valence-electron chi connectivity index (χ3n) is 2.41. The first-order valence-electron chi connectivity index (χ1n) is 5.55. The zero-order valence-electron chi connectivity index (χ0n) is 10.3. The van der Waals surface area contributed by atoms with Gasteiger partial charge in [-0.3, -0.25) is 15.5 Å². The van der Waals surface area contributed by atoms with Crippen LogP contribution in [-0.2, 0) is 0 Å². The summed E-state index contributed by atoms with van der Waals surface area (Å²) in [5, 5.41) is 24.2. The third kappa shape index (κ3) is 3.59. The van der Waals surface area contributed by atoms with Crippen LogP contribution in [0.5, 0.6) is 5.75 Å². The van der Waals surface area contributed by atoms with Crippen molar-refractivity contribution >= 4 is 40.9 Å². The Bertz CT molecular complexity index is 698. The van der Waals surface area contributed by atoms with E-state index in [-0.39, 0.29) is 27.3 Å². The molecule has 0 spiro atoms. The first-order chi connectivity index (χ1) is 9.99. The highest BCUT2D eigenvalue weighted by Crippen LogP contribution is 2.32. The molecule has 0 amide bonds. The van der Waals surface area contributed by atoms with Crippen LogP contribution in [0.2, 0.25) is 10.0 Å². The van der Waals surface area contributed by atoms with E-state index in [0.29, 0.717) is 5.56 Å². The van der Waals surface area contributed by atoms with Gasteiger partial charge in [0.1, 0.15) is 0 Å². The predicted octanol–water partition coefficient (Wildman–Crippen LogP) is 3.45. The molecule has 0 aliphatic rings. The number of rotatable bonds is 4. The normalized spacial score (nSPS) is 10.8. The molecule has 0 saturated carbocycles. The van der Waals surface area contributed by atoms with Gasteiger partial charge in [0.25, 0.3) is 0 Å². The number of pyridine rings is 1. The summed E-state index contributed by atoms with van der Waals surface area (Å²) in [5.41, 5.74) is 2.78. The highest BCUT2D eigenvalue weighted by atomic mass is 35.5. The molecule has 0 bridgehead atoms. The molecule has 0 aliphatic heterocycles. The Labute approximate surface area is 129 Å². The number of nitrogens with zero attached hydrogens (tertiary/aromatic N) is 3. The number of anilines is 1. The van der Waals surface area contributed by atoms with Crippen LogP contribution >= 0.6 is 23.2 Å². The number of aromatic nitrogens is 1. The van der Waals surface area contributed by atoms with E-state index in [1.807, 2.05) is 0 Å². The van der Waals surface area contributed by atoms with Gasteiger partial charge in [-0.2, -0.15) is 5.10 Å². The zero-order valence-corrected chi connectivity index (χ0v) is 11.8. The van der Waals surface area contributed by atoms with Crippen molar-refractivity contribution in [1.82, 2.24) is 4.98 Å². The van der Waals surface area contributed by atoms with Crippen LogP contribution in [0.1, 0.15) is 5.56 Å². The van der Waals surface area contributed by atoms with E-state index in [4.69, 9.17) is 23.2 Å². The van der Waals surface area contributed by atoms with Crippen molar-refractivity contribution in [2.75, 3.05) is 5.43 Å². The number of benzene rings is 1. The molecule has 1 aromatic carbocycles. The highest BCUT2D eigenvalue weighted by Gasteiger charge is 2.13. The van der Waals surface area contributed by atoms with Crippen LogP contribution in [0.4, 0.5) is 11.5 Å². The Hall–Kier alpha value is -2.38. The molecule has 0 saturated heterocycles. The minimum Gasteiger partial charge on any atom is -0.505 e. The van der Waals surface area contributed by atoms with Crippen molar-refractivity contribution in [3.8, 4) is 5.75 Å². The standard InChI is InChI=1S/C12H8Cl2N4O3/c13-8-4-7(5-9(14)11(8)19)6-16-17-12-10(18(20)21)2-1-3-15-12/h1-6,19H,(H,15,17)/b16-6-. The van der Waals surface area contributed by atoms with Crippen molar-refractivity contribution in [2.45, 2.75) is 0 Å². The Morgan fingerprint density at radius 1 is 1.38 bits per heavy atom. The lowest BCUT2D eigenvalue weighted by Crippen LogP contribution is -1.99.